The molecule has 4 rings (SSSR count). The highest BCUT2D eigenvalue weighted by molar-refractivity contribution is 7.21. The number of hydrogen-bond donors (Lipinski definition) is 3. The Balaban J connectivity index is 1.89. The maximum Gasteiger partial charge on any atom is 0.263 e. The molecular weight excluding hydrogens is 448 g/mol. The number of nitrogen functional groups attached to an aromatic ring is 1. The summed E-state index contributed by atoms with van der Waals surface area (Å²) in [6, 6.07) is 9.38. The molecule has 176 valence electrons. The number of benzene rings is 1. The molecule has 2 amide bonds. The summed E-state index contributed by atoms with van der Waals surface area (Å²) in [4.78, 5) is 32.1. The number of carbonyl (C=O) groups is 2. The van der Waals surface area contributed by atoms with Gasteiger partial charge in [0.2, 0.25) is 0 Å². The lowest BCUT2D eigenvalue weighted by atomic mass is 9.99. The number of amides is 2. The van der Waals surface area contributed by atoms with Crippen molar-refractivity contribution in [3.63, 3.8) is 0 Å². The highest BCUT2D eigenvalue weighted by atomic mass is 32.1. The van der Waals surface area contributed by atoms with Gasteiger partial charge in [0.15, 0.2) is 0 Å². The molecule has 4 aromatic rings. The zero-order valence-corrected chi connectivity index (χ0v) is 20.7. The third kappa shape index (κ3) is 4.28. The van der Waals surface area contributed by atoms with Crippen molar-refractivity contribution < 1.29 is 14.0 Å². The molecule has 0 bridgehead atoms. The molecule has 34 heavy (non-hydrogen) atoms. The molecule has 0 aliphatic rings. The molecule has 0 saturated heterocycles. The number of pyridine rings is 1. The van der Waals surface area contributed by atoms with E-state index in [2.05, 4.69) is 15.6 Å². The van der Waals surface area contributed by atoms with Crippen molar-refractivity contribution in [1.82, 2.24) is 10.3 Å². The maximum atomic E-state index is 13.6. The second-order valence-corrected chi connectivity index (χ2v) is 9.50. The number of thiophene rings is 1. The maximum absolute atomic E-state index is 13.6. The summed E-state index contributed by atoms with van der Waals surface area (Å²) in [6.07, 6.45) is 2.34. The molecule has 7 nitrogen and oxygen atoms in total. The number of aromatic nitrogens is 1. The molecule has 3 aromatic heterocycles. The minimum atomic E-state index is -0.318. The number of rotatable bonds is 6. The highest BCUT2D eigenvalue weighted by Gasteiger charge is 2.28. The predicted octanol–water partition coefficient (Wildman–Crippen LogP) is 5.84. The number of nitrogens with zero attached hydrogens (tertiary/aromatic N) is 1. The molecule has 1 atom stereocenters. The van der Waals surface area contributed by atoms with Crippen LogP contribution in [0.3, 0.4) is 0 Å². The van der Waals surface area contributed by atoms with E-state index in [1.807, 2.05) is 45.9 Å². The van der Waals surface area contributed by atoms with Crippen molar-refractivity contribution in [3.05, 3.63) is 63.9 Å². The first-order valence-corrected chi connectivity index (χ1v) is 12.0. The molecule has 0 aliphatic carbocycles. The topological polar surface area (TPSA) is 110 Å². The third-order valence-corrected chi connectivity index (χ3v) is 6.98. The molecule has 3 heterocycles. The van der Waals surface area contributed by atoms with Gasteiger partial charge < -0.3 is 20.8 Å². The normalized spacial score (nSPS) is 12.0. The van der Waals surface area contributed by atoms with Gasteiger partial charge in [-0.25, -0.2) is 4.98 Å². The second kappa shape index (κ2) is 9.30. The molecule has 4 N–H and O–H groups in total. The van der Waals surface area contributed by atoms with E-state index in [0.717, 1.165) is 17.5 Å². The van der Waals surface area contributed by atoms with Crippen molar-refractivity contribution in [2.24, 2.45) is 0 Å². The Morgan fingerprint density at radius 1 is 1.18 bits per heavy atom. The molecule has 0 saturated carbocycles. The number of furan rings is 1. The summed E-state index contributed by atoms with van der Waals surface area (Å²) < 4.78 is 5.71. The Hall–Kier alpha value is -3.65. The van der Waals surface area contributed by atoms with Crippen molar-refractivity contribution in [3.8, 4) is 11.3 Å². The van der Waals surface area contributed by atoms with Crippen LogP contribution in [0, 0.1) is 20.8 Å². The Kier molecular flexibility index (Phi) is 6.43. The Bertz CT molecular complexity index is 1390. The van der Waals surface area contributed by atoms with E-state index in [4.69, 9.17) is 10.2 Å². The van der Waals surface area contributed by atoms with Crippen molar-refractivity contribution in [1.29, 1.82) is 0 Å². The molecular formula is C26H28N4O3S. The van der Waals surface area contributed by atoms with Crippen molar-refractivity contribution in [2.75, 3.05) is 11.1 Å². The summed E-state index contributed by atoms with van der Waals surface area (Å²) in [5, 5.41) is 6.51. The van der Waals surface area contributed by atoms with Crippen LogP contribution >= 0.6 is 11.3 Å². The van der Waals surface area contributed by atoms with Gasteiger partial charge in [-0.2, -0.15) is 0 Å². The standard InChI is InChI=1S/C26H28N4O3S/c1-6-15(4)28-25(32)23-22(27)21-20(18-8-7-11-33-18)19(16(5)29-26(21)34-23)24(31)30-17-10-9-13(2)12-14(17)3/h7-12,15H,6,27H2,1-5H3,(H,28,32)(H,30,31). The fraction of sp³-hybridized carbons (Fsp3) is 0.269. The lowest BCUT2D eigenvalue weighted by Gasteiger charge is -2.14. The van der Waals surface area contributed by atoms with Crippen LogP contribution < -0.4 is 16.4 Å². The highest BCUT2D eigenvalue weighted by Crippen LogP contribution is 2.42. The van der Waals surface area contributed by atoms with Crippen LogP contribution in [0.1, 0.15) is 57.1 Å². The van der Waals surface area contributed by atoms with Crippen LogP contribution in [0.25, 0.3) is 21.5 Å². The third-order valence-electron chi connectivity index (χ3n) is 5.88. The van der Waals surface area contributed by atoms with Crippen molar-refractivity contribution in [2.45, 2.75) is 47.1 Å². The van der Waals surface area contributed by atoms with Gasteiger partial charge in [0.05, 0.1) is 23.2 Å². The minimum Gasteiger partial charge on any atom is -0.464 e. The molecule has 0 fully saturated rings. The van der Waals surface area contributed by atoms with E-state index in [1.165, 1.54) is 11.3 Å². The largest absolute Gasteiger partial charge is 0.464 e. The summed E-state index contributed by atoms with van der Waals surface area (Å²) in [6.45, 7) is 9.67. The second-order valence-electron chi connectivity index (χ2n) is 8.50. The number of aryl methyl sites for hydroxylation is 3. The Labute approximate surface area is 202 Å². The van der Waals surface area contributed by atoms with E-state index in [9.17, 15) is 9.59 Å². The molecule has 8 heteroatoms. The first kappa shape index (κ1) is 23.5. The quantitative estimate of drug-likeness (QED) is 0.324. The van der Waals surface area contributed by atoms with Crippen LogP contribution in [-0.2, 0) is 0 Å². The smallest absolute Gasteiger partial charge is 0.263 e. The van der Waals surface area contributed by atoms with Gasteiger partial charge >= 0.3 is 0 Å². The van der Waals surface area contributed by atoms with E-state index in [0.29, 0.717) is 49.0 Å². The monoisotopic (exact) mass is 476 g/mol. The predicted molar refractivity (Wildman–Crippen MR) is 138 cm³/mol. The van der Waals surface area contributed by atoms with Crippen LogP contribution in [0.5, 0.6) is 0 Å². The average Bonchev–Trinajstić information content (AvgIpc) is 3.43. The van der Waals surface area contributed by atoms with Gasteiger partial charge in [-0.15, -0.1) is 11.3 Å². The van der Waals surface area contributed by atoms with Crippen molar-refractivity contribution >= 4 is 44.7 Å². The van der Waals surface area contributed by atoms with E-state index >= 15 is 0 Å². The fourth-order valence-electron chi connectivity index (χ4n) is 3.91. The number of carbonyl (C=O) groups excluding carboxylic acids is 2. The van der Waals surface area contributed by atoms with Gasteiger partial charge in [0.25, 0.3) is 11.8 Å². The van der Waals surface area contributed by atoms with Crippen LogP contribution in [0.2, 0.25) is 0 Å². The zero-order chi connectivity index (χ0) is 24.6. The molecule has 0 radical (unpaired) electrons. The Morgan fingerprint density at radius 2 is 1.94 bits per heavy atom. The number of anilines is 2. The molecule has 0 spiro atoms. The van der Waals surface area contributed by atoms with E-state index in [-0.39, 0.29) is 17.9 Å². The summed E-state index contributed by atoms with van der Waals surface area (Å²) in [5.74, 6) is -0.0831. The number of fused-ring (bicyclic) bond motifs is 1. The van der Waals surface area contributed by atoms with E-state index in [1.54, 1.807) is 25.3 Å². The first-order chi connectivity index (χ1) is 16.2. The minimum absolute atomic E-state index is 0.00967. The first-order valence-electron chi connectivity index (χ1n) is 11.2. The number of nitrogens with two attached hydrogens (primary N) is 1. The van der Waals surface area contributed by atoms with Gasteiger partial charge in [-0.3, -0.25) is 9.59 Å². The van der Waals surface area contributed by atoms with Crippen LogP contribution in [0.15, 0.2) is 41.0 Å². The van der Waals surface area contributed by atoms with Crippen LogP contribution in [-0.4, -0.2) is 22.8 Å². The summed E-state index contributed by atoms with van der Waals surface area (Å²) in [5.41, 5.74) is 11.0. The summed E-state index contributed by atoms with van der Waals surface area (Å²) in [7, 11) is 0. The summed E-state index contributed by atoms with van der Waals surface area (Å²) >= 11 is 1.22. The zero-order valence-electron chi connectivity index (χ0n) is 19.9. The SMILES string of the molecule is CCC(C)NC(=O)c1sc2nc(C)c(C(=O)Nc3ccc(C)cc3C)c(-c3ccco3)c2c1N. The number of nitrogens with one attached hydrogen (secondary N) is 2. The van der Waals surface area contributed by atoms with Gasteiger partial charge in [-0.1, -0.05) is 24.6 Å². The lowest BCUT2D eigenvalue weighted by molar-refractivity contribution is 0.0943. The molecule has 1 unspecified atom stereocenters. The van der Waals surface area contributed by atoms with Gasteiger partial charge in [-0.05, 0) is 57.9 Å². The molecule has 0 aliphatic heterocycles. The van der Waals surface area contributed by atoms with Gasteiger partial charge in [0.1, 0.15) is 15.5 Å². The Morgan fingerprint density at radius 3 is 2.59 bits per heavy atom. The van der Waals surface area contributed by atoms with E-state index < -0.39 is 0 Å². The van der Waals surface area contributed by atoms with Crippen LogP contribution in [0.4, 0.5) is 11.4 Å². The fourth-order valence-corrected chi connectivity index (χ4v) is 4.96. The number of hydrogen-bond acceptors (Lipinski definition) is 6. The molecule has 1 aromatic carbocycles. The average molecular weight is 477 g/mol. The van der Waals surface area contributed by atoms with Gasteiger partial charge in [0, 0.05) is 22.7 Å². The lowest BCUT2D eigenvalue weighted by Crippen LogP contribution is -2.31.